The van der Waals surface area contributed by atoms with Crippen LogP contribution in [0.1, 0.15) is 30.6 Å². The summed E-state index contributed by atoms with van der Waals surface area (Å²) in [4.78, 5) is 24.9. The number of nitrogens with one attached hydrogen (secondary N) is 1. The summed E-state index contributed by atoms with van der Waals surface area (Å²) < 4.78 is 1.82. The van der Waals surface area contributed by atoms with Crippen molar-refractivity contribution in [2.45, 2.75) is 32.9 Å². The van der Waals surface area contributed by atoms with Crippen LogP contribution in [0.4, 0.5) is 5.69 Å². The number of nitrogens with zero attached hydrogens (tertiary/aromatic N) is 1. The molecule has 1 heterocycles. The van der Waals surface area contributed by atoms with E-state index in [0.29, 0.717) is 29.6 Å². The number of benzene rings is 1. The van der Waals surface area contributed by atoms with Crippen LogP contribution in [0.5, 0.6) is 0 Å². The van der Waals surface area contributed by atoms with Crippen LogP contribution in [0.15, 0.2) is 29.2 Å². The zero-order valence-corrected chi connectivity index (χ0v) is 12.8. The van der Waals surface area contributed by atoms with E-state index in [1.54, 1.807) is 24.4 Å². The second-order valence-corrected chi connectivity index (χ2v) is 5.16. The molecular weight excluding hydrogens is 282 g/mol. The Morgan fingerprint density at radius 2 is 2.14 bits per heavy atom. The number of fused-ring (bicyclic) bond motifs is 1. The molecule has 1 aromatic carbocycles. The summed E-state index contributed by atoms with van der Waals surface area (Å²) in [5, 5.41) is 12.2. The lowest BCUT2D eigenvalue weighted by molar-refractivity contribution is 0.0913. The molecule has 6 nitrogen and oxygen atoms in total. The Morgan fingerprint density at radius 1 is 1.41 bits per heavy atom. The minimum Gasteiger partial charge on any atom is -0.398 e. The highest BCUT2D eigenvalue weighted by molar-refractivity contribution is 6.00. The van der Waals surface area contributed by atoms with Gasteiger partial charge < -0.3 is 20.7 Å². The van der Waals surface area contributed by atoms with E-state index in [9.17, 15) is 14.7 Å². The number of anilines is 1. The van der Waals surface area contributed by atoms with Crippen molar-refractivity contribution in [3.63, 3.8) is 0 Å². The number of aliphatic hydroxyl groups excluding tert-OH is 1. The number of carbonyl (C=O) groups is 1. The largest absolute Gasteiger partial charge is 0.398 e. The first-order chi connectivity index (χ1) is 10.5. The van der Waals surface area contributed by atoms with E-state index in [1.165, 1.54) is 0 Å². The minimum absolute atomic E-state index is 0.0409. The maximum Gasteiger partial charge on any atom is 0.257 e. The average molecular weight is 303 g/mol. The molecular formula is C16H21N3O3. The van der Waals surface area contributed by atoms with Crippen molar-refractivity contribution in [3.05, 3.63) is 40.2 Å². The molecule has 2 rings (SSSR count). The van der Waals surface area contributed by atoms with E-state index in [0.717, 1.165) is 0 Å². The number of amides is 1. The van der Waals surface area contributed by atoms with Gasteiger partial charge in [-0.15, -0.1) is 0 Å². The average Bonchev–Trinajstić information content (AvgIpc) is 2.52. The number of pyridine rings is 1. The van der Waals surface area contributed by atoms with Gasteiger partial charge in [0.25, 0.3) is 5.91 Å². The van der Waals surface area contributed by atoms with Gasteiger partial charge in [-0.05, 0) is 25.5 Å². The molecule has 0 radical (unpaired) electrons. The predicted molar refractivity (Wildman–Crippen MR) is 86.9 cm³/mol. The Labute approximate surface area is 128 Å². The summed E-state index contributed by atoms with van der Waals surface area (Å²) in [6.07, 6.45) is 2.13. The molecule has 1 unspecified atom stereocenters. The Balaban J connectivity index is 2.60. The van der Waals surface area contributed by atoms with E-state index in [4.69, 9.17) is 5.73 Å². The van der Waals surface area contributed by atoms with E-state index >= 15 is 0 Å². The van der Waals surface area contributed by atoms with Crippen LogP contribution in [0.2, 0.25) is 0 Å². The van der Waals surface area contributed by atoms with Gasteiger partial charge in [0.2, 0.25) is 5.43 Å². The number of aromatic nitrogens is 1. The van der Waals surface area contributed by atoms with Crippen LogP contribution in [-0.2, 0) is 6.54 Å². The highest BCUT2D eigenvalue weighted by Gasteiger charge is 2.18. The number of hydrogen-bond donors (Lipinski definition) is 3. The first-order valence-corrected chi connectivity index (χ1v) is 7.36. The highest BCUT2D eigenvalue weighted by atomic mass is 16.3. The van der Waals surface area contributed by atoms with Gasteiger partial charge in [0, 0.05) is 18.4 Å². The molecule has 1 aromatic heterocycles. The fourth-order valence-electron chi connectivity index (χ4n) is 2.43. The molecule has 2 aromatic rings. The Bertz CT molecular complexity index is 748. The maximum atomic E-state index is 12.6. The topological polar surface area (TPSA) is 97.3 Å². The van der Waals surface area contributed by atoms with Crippen molar-refractivity contribution < 1.29 is 9.90 Å². The molecule has 0 aliphatic heterocycles. The Hall–Kier alpha value is -2.34. The van der Waals surface area contributed by atoms with Gasteiger partial charge in [-0.25, -0.2) is 0 Å². The van der Waals surface area contributed by atoms with Gasteiger partial charge in [-0.1, -0.05) is 13.0 Å². The smallest absolute Gasteiger partial charge is 0.257 e. The first kappa shape index (κ1) is 16.0. The summed E-state index contributed by atoms with van der Waals surface area (Å²) in [6.45, 7) is 4.22. The molecule has 0 saturated heterocycles. The van der Waals surface area contributed by atoms with Crippen LogP contribution in [0.3, 0.4) is 0 Å². The van der Waals surface area contributed by atoms with Gasteiger partial charge in [0.1, 0.15) is 5.56 Å². The molecule has 0 spiro atoms. The highest BCUT2D eigenvalue weighted by Crippen LogP contribution is 2.18. The van der Waals surface area contributed by atoms with E-state index < -0.39 is 5.91 Å². The molecule has 4 N–H and O–H groups in total. The number of carbonyl (C=O) groups excluding carboxylic acids is 1. The number of nitrogens with two attached hydrogens (primary N) is 1. The van der Waals surface area contributed by atoms with Gasteiger partial charge in [0.15, 0.2) is 0 Å². The zero-order valence-electron chi connectivity index (χ0n) is 12.8. The standard InChI is InChI=1S/C16H21N3O3/c1-3-10(9-20)18-16(22)11-8-19(4-2)13-7-5-6-12(17)14(13)15(11)21/h5-8,10,20H,3-4,9,17H2,1-2H3,(H,18,22). The van der Waals surface area contributed by atoms with Crippen LogP contribution < -0.4 is 16.5 Å². The third kappa shape index (κ3) is 2.82. The van der Waals surface area contributed by atoms with Crippen molar-refractivity contribution in [1.29, 1.82) is 0 Å². The van der Waals surface area contributed by atoms with Gasteiger partial charge in [-0.2, -0.15) is 0 Å². The monoisotopic (exact) mass is 303 g/mol. The number of rotatable bonds is 5. The lowest BCUT2D eigenvalue weighted by Gasteiger charge is -2.16. The molecule has 0 bridgehead atoms. The van der Waals surface area contributed by atoms with Crippen molar-refractivity contribution in [2.24, 2.45) is 0 Å². The lowest BCUT2D eigenvalue weighted by Crippen LogP contribution is -2.39. The molecule has 118 valence electrons. The summed E-state index contributed by atoms with van der Waals surface area (Å²) in [5.74, 6) is -0.488. The van der Waals surface area contributed by atoms with Gasteiger partial charge in [0.05, 0.1) is 23.6 Å². The van der Waals surface area contributed by atoms with E-state index in [-0.39, 0.29) is 23.6 Å². The number of hydrogen-bond acceptors (Lipinski definition) is 4. The second-order valence-electron chi connectivity index (χ2n) is 5.16. The first-order valence-electron chi connectivity index (χ1n) is 7.36. The summed E-state index contributed by atoms with van der Waals surface area (Å²) in [6, 6.07) is 4.86. The summed E-state index contributed by atoms with van der Waals surface area (Å²) >= 11 is 0. The maximum absolute atomic E-state index is 12.6. The molecule has 22 heavy (non-hydrogen) atoms. The molecule has 1 atom stereocenters. The molecule has 0 saturated carbocycles. The molecule has 0 fully saturated rings. The summed E-state index contributed by atoms with van der Waals surface area (Å²) in [7, 11) is 0. The minimum atomic E-state index is -0.488. The third-order valence-corrected chi connectivity index (χ3v) is 3.77. The normalized spacial score (nSPS) is 12.3. The van der Waals surface area contributed by atoms with Crippen LogP contribution in [0.25, 0.3) is 10.9 Å². The lowest BCUT2D eigenvalue weighted by atomic mass is 10.1. The van der Waals surface area contributed by atoms with Crippen molar-refractivity contribution >= 4 is 22.5 Å². The molecule has 0 aliphatic rings. The van der Waals surface area contributed by atoms with E-state index in [2.05, 4.69) is 5.32 Å². The molecule has 6 heteroatoms. The fourth-order valence-corrected chi connectivity index (χ4v) is 2.43. The number of aryl methyl sites for hydroxylation is 1. The summed E-state index contributed by atoms with van der Waals surface area (Å²) in [5.41, 5.74) is 6.63. The van der Waals surface area contributed by atoms with E-state index in [1.807, 2.05) is 18.4 Å². The Kier molecular flexibility index (Phi) is 4.82. The molecule has 0 aliphatic carbocycles. The van der Waals surface area contributed by atoms with Crippen molar-refractivity contribution in [2.75, 3.05) is 12.3 Å². The SMILES string of the molecule is CCC(CO)NC(=O)c1cn(CC)c2cccc(N)c2c1=O. The van der Waals surface area contributed by atoms with Crippen molar-refractivity contribution in [3.8, 4) is 0 Å². The zero-order chi connectivity index (χ0) is 16.3. The second kappa shape index (κ2) is 6.62. The molecule has 1 amide bonds. The number of aliphatic hydroxyl groups is 1. The van der Waals surface area contributed by atoms with Gasteiger partial charge >= 0.3 is 0 Å². The van der Waals surface area contributed by atoms with Crippen LogP contribution in [-0.4, -0.2) is 28.2 Å². The number of nitrogen functional groups attached to an aromatic ring is 1. The quantitative estimate of drug-likeness (QED) is 0.721. The Morgan fingerprint density at radius 3 is 2.73 bits per heavy atom. The van der Waals surface area contributed by atoms with Crippen LogP contribution >= 0.6 is 0 Å². The fraction of sp³-hybridized carbons (Fsp3) is 0.375. The van der Waals surface area contributed by atoms with Gasteiger partial charge in [-0.3, -0.25) is 9.59 Å². The third-order valence-electron chi connectivity index (χ3n) is 3.77. The predicted octanol–water partition coefficient (Wildman–Crippen LogP) is 1.10. The van der Waals surface area contributed by atoms with Crippen LogP contribution in [0, 0.1) is 0 Å². The van der Waals surface area contributed by atoms with Crippen molar-refractivity contribution in [1.82, 2.24) is 9.88 Å².